The minimum atomic E-state index is -0.713. The lowest BCUT2D eigenvalue weighted by Crippen LogP contribution is -2.18. The van der Waals surface area contributed by atoms with Gasteiger partial charge in [0.25, 0.3) is 0 Å². The van der Waals surface area contributed by atoms with Gasteiger partial charge in [0.2, 0.25) is 0 Å². The van der Waals surface area contributed by atoms with Crippen LogP contribution in [-0.4, -0.2) is 12.2 Å². The molecule has 1 N–H and O–H groups in total. The van der Waals surface area contributed by atoms with Crippen LogP contribution in [0, 0.1) is 12.7 Å². The molecule has 0 bridgehead atoms. The number of aryl methyl sites for hydroxylation is 1. The first-order chi connectivity index (χ1) is 9.38. The van der Waals surface area contributed by atoms with Gasteiger partial charge in [-0.3, -0.25) is 0 Å². The van der Waals surface area contributed by atoms with Crippen LogP contribution in [0.15, 0.2) is 24.3 Å². The Morgan fingerprint density at radius 1 is 1.40 bits per heavy atom. The van der Waals surface area contributed by atoms with Gasteiger partial charge in [-0.05, 0) is 43.7 Å². The van der Waals surface area contributed by atoms with Crippen molar-refractivity contribution in [3.05, 3.63) is 50.4 Å². The monoisotopic (exact) mass is 313 g/mol. The molecule has 2 rings (SSSR count). The summed E-state index contributed by atoms with van der Waals surface area (Å²) in [5, 5.41) is 9.83. The summed E-state index contributed by atoms with van der Waals surface area (Å²) in [6, 6.07) is 7.02. The van der Waals surface area contributed by atoms with Crippen molar-refractivity contribution in [3.8, 4) is 0 Å². The quantitative estimate of drug-likeness (QED) is 0.896. The predicted molar refractivity (Wildman–Crippen MR) is 83.2 cm³/mol. The molecule has 20 heavy (non-hydrogen) atoms. The molecule has 1 heterocycles. The topological polar surface area (TPSA) is 23.5 Å². The first-order valence-corrected chi connectivity index (χ1v) is 7.51. The third kappa shape index (κ3) is 3.32. The van der Waals surface area contributed by atoms with Crippen LogP contribution in [0.4, 0.5) is 10.1 Å². The number of aliphatic hydroxyl groups is 1. The summed E-state index contributed by atoms with van der Waals surface area (Å²) in [5.74, 6) is -0.294. The van der Waals surface area contributed by atoms with Crippen molar-refractivity contribution in [2.24, 2.45) is 0 Å². The van der Waals surface area contributed by atoms with Gasteiger partial charge in [-0.1, -0.05) is 11.6 Å². The maximum Gasteiger partial charge on any atom is 0.126 e. The summed E-state index contributed by atoms with van der Waals surface area (Å²) in [6.07, 6.45) is -0.713. The molecule has 0 radical (unpaired) electrons. The van der Waals surface area contributed by atoms with Crippen molar-refractivity contribution in [3.63, 3.8) is 0 Å². The highest BCUT2D eigenvalue weighted by Crippen LogP contribution is 2.31. The van der Waals surface area contributed by atoms with Crippen molar-refractivity contribution < 1.29 is 9.50 Å². The Labute approximate surface area is 127 Å². The maximum absolute atomic E-state index is 13.7. The van der Waals surface area contributed by atoms with Crippen LogP contribution in [0.2, 0.25) is 4.34 Å². The molecule has 0 saturated carbocycles. The van der Waals surface area contributed by atoms with Gasteiger partial charge in [0.05, 0.1) is 17.0 Å². The van der Waals surface area contributed by atoms with E-state index in [9.17, 15) is 9.50 Å². The van der Waals surface area contributed by atoms with E-state index < -0.39 is 6.10 Å². The molecular weight excluding hydrogens is 297 g/mol. The first-order valence-electron chi connectivity index (χ1n) is 6.32. The van der Waals surface area contributed by atoms with E-state index >= 15 is 0 Å². The van der Waals surface area contributed by atoms with Crippen molar-refractivity contribution in [1.82, 2.24) is 0 Å². The normalized spacial score (nSPS) is 12.5. The van der Waals surface area contributed by atoms with Crippen LogP contribution in [-0.2, 0) is 6.54 Å². The number of rotatable bonds is 4. The molecule has 108 valence electrons. The molecule has 0 spiro atoms. The molecule has 0 fully saturated rings. The smallest absolute Gasteiger partial charge is 0.126 e. The summed E-state index contributed by atoms with van der Waals surface area (Å²) in [6.45, 7) is 4.03. The number of hydrogen-bond acceptors (Lipinski definition) is 3. The summed E-state index contributed by atoms with van der Waals surface area (Å²) in [4.78, 5) is 3.12. The number of benzene rings is 1. The van der Waals surface area contributed by atoms with Gasteiger partial charge in [0.15, 0.2) is 0 Å². The lowest BCUT2D eigenvalue weighted by Gasteiger charge is -2.24. The predicted octanol–water partition coefficient (Wildman–Crippen LogP) is 4.54. The molecule has 1 aromatic heterocycles. The minimum Gasteiger partial charge on any atom is -0.389 e. The minimum absolute atomic E-state index is 0.294. The van der Waals surface area contributed by atoms with Gasteiger partial charge in [-0.2, -0.15) is 0 Å². The van der Waals surface area contributed by atoms with E-state index in [1.165, 1.54) is 17.4 Å². The van der Waals surface area contributed by atoms with Crippen molar-refractivity contribution in [2.75, 3.05) is 11.9 Å². The molecule has 1 unspecified atom stereocenters. The van der Waals surface area contributed by atoms with E-state index in [-0.39, 0.29) is 5.82 Å². The zero-order valence-corrected chi connectivity index (χ0v) is 13.2. The molecule has 1 atom stereocenters. The summed E-state index contributed by atoms with van der Waals surface area (Å²) < 4.78 is 14.4. The van der Waals surface area contributed by atoms with Gasteiger partial charge >= 0.3 is 0 Å². The Hall–Kier alpha value is -1.10. The summed E-state index contributed by atoms with van der Waals surface area (Å²) >= 11 is 7.45. The van der Waals surface area contributed by atoms with E-state index in [2.05, 4.69) is 0 Å². The fourth-order valence-corrected chi connectivity index (χ4v) is 3.24. The van der Waals surface area contributed by atoms with Crippen LogP contribution >= 0.6 is 22.9 Å². The third-order valence-electron chi connectivity index (χ3n) is 3.19. The van der Waals surface area contributed by atoms with Gasteiger partial charge in [0, 0.05) is 23.2 Å². The van der Waals surface area contributed by atoms with Crippen LogP contribution in [0.1, 0.15) is 29.0 Å². The molecule has 0 amide bonds. The highest BCUT2D eigenvalue weighted by Gasteiger charge is 2.15. The molecule has 2 aromatic rings. The van der Waals surface area contributed by atoms with Gasteiger partial charge < -0.3 is 10.0 Å². The van der Waals surface area contributed by atoms with Gasteiger partial charge in [-0.15, -0.1) is 11.3 Å². The standard InChI is InChI=1S/C15H17ClFNOS/c1-9-6-14(12(10(2)19)7-13(9)17)18(3)8-11-4-5-15(16)20-11/h4-7,10,19H,8H2,1-3H3. The van der Waals surface area contributed by atoms with Crippen LogP contribution in [0.25, 0.3) is 0 Å². The van der Waals surface area contributed by atoms with E-state index in [1.54, 1.807) is 19.9 Å². The zero-order chi connectivity index (χ0) is 14.9. The molecule has 0 aliphatic rings. The molecule has 0 aliphatic carbocycles. The second-order valence-corrected chi connectivity index (χ2v) is 6.70. The summed E-state index contributed by atoms with van der Waals surface area (Å²) in [5.41, 5.74) is 2.00. The van der Waals surface area contributed by atoms with Crippen molar-refractivity contribution in [2.45, 2.75) is 26.5 Å². The van der Waals surface area contributed by atoms with Crippen LogP contribution in [0.5, 0.6) is 0 Å². The van der Waals surface area contributed by atoms with Gasteiger partial charge in [-0.25, -0.2) is 4.39 Å². The number of anilines is 1. The second-order valence-electron chi connectivity index (χ2n) is 4.90. The number of nitrogens with zero attached hydrogens (tertiary/aromatic N) is 1. The number of aliphatic hydroxyl groups excluding tert-OH is 1. The second kappa shape index (κ2) is 6.12. The van der Waals surface area contributed by atoms with Crippen molar-refractivity contribution >= 4 is 28.6 Å². The molecule has 5 heteroatoms. The van der Waals surface area contributed by atoms with E-state index in [4.69, 9.17) is 11.6 Å². The van der Waals surface area contributed by atoms with Crippen LogP contribution in [0.3, 0.4) is 0 Å². The third-order valence-corrected chi connectivity index (χ3v) is 4.41. The number of hydrogen-bond donors (Lipinski definition) is 1. The highest BCUT2D eigenvalue weighted by atomic mass is 35.5. The Kier molecular flexibility index (Phi) is 4.68. The van der Waals surface area contributed by atoms with E-state index in [1.807, 2.05) is 24.1 Å². The van der Waals surface area contributed by atoms with Crippen LogP contribution < -0.4 is 4.90 Å². The van der Waals surface area contributed by atoms with Crippen molar-refractivity contribution in [1.29, 1.82) is 0 Å². The lowest BCUT2D eigenvalue weighted by molar-refractivity contribution is 0.199. The Morgan fingerprint density at radius 2 is 2.10 bits per heavy atom. The molecule has 0 aliphatic heterocycles. The molecule has 0 saturated heterocycles. The highest BCUT2D eigenvalue weighted by molar-refractivity contribution is 7.16. The largest absolute Gasteiger partial charge is 0.389 e. The average molecular weight is 314 g/mol. The first kappa shape index (κ1) is 15.3. The molecular formula is C15H17ClFNOS. The molecule has 2 nitrogen and oxygen atoms in total. The maximum atomic E-state index is 13.7. The Morgan fingerprint density at radius 3 is 2.65 bits per heavy atom. The number of thiophene rings is 1. The lowest BCUT2D eigenvalue weighted by atomic mass is 10.0. The van der Waals surface area contributed by atoms with Gasteiger partial charge in [0.1, 0.15) is 5.82 Å². The zero-order valence-electron chi connectivity index (χ0n) is 11.7. The Balaban J connectivity index is 2.33. The Bertz CT molecular complexity index is 612. The molecule has 1 aromatic carbocycles. The number of halogens is 2. The fraction of sp³-hybridized carbons (Fsp3) is 0.333. The summed E-state index contributed by atoms with van der Waals surface area (Å²) in [7, 11) is 1.92. The van der Waals surface area contributed by atoms with E-state index in [0.29, 0.717) is 17.7 Å². The van der Waals surface area contributed by atoms with E-state index in [0.717, 1.165) is 14.9 Å². The fourth-order valence-electron chi connectivity index (χ4n) is 2.10. The average Bonchev–Trinajstić information content (AvgIpc) is 2.77. The SMILES string of the molecule is Cc1cc(N(C)Cc2ccc(Cl)s2)c(C(C)O)cc1F.